The molecular formula is C15H34BrO3P. The molecule has 0 amide bonds. The van der Waals surface area contributed by atoms with Crippen LogP contribution in [-0.2, 0) is 0 Å². The van der Waals surface area contributed by atoms with Crippen LogP contribution in [0, 0.1) is 0 Å². The van der Waals surface area contributed by atoms with E-state index in [0.717, 1.165) is 19.0 Å². The smallest absolute Gasteiger partial charge is 0.158 e. The van der Waals surface area contributed by atoms with E-state index in [1.54, 1.807) is 0 Å². The highest BCUT2D eigenvalue weighted by atomic mass is 79.9. The molecule has 0 rings (SSSR count). The summed E-state index contributed by atoms with van der Waals surface area (Å²) in [5.74, 6) is 0. The van der Waals surface area contributed by atoms with Gasteiger partial charge in [0.15, 0.2) is 19.0 Å². The summed E-state index contributed by atoms with van der Waals surface area (Å²) < 4.78 is 0. The first-order valence-corrected chi connectivity index (χ1v) is 10.5. The first-order valence-electron chi connectivity index (χ1n) is 7.92. The first-order chi connectivity index (χ1) is 9.24. The average molecular weight is 373 g/mol. The normalized spacial score (nSPS) is 11.4. The molecule has 5 heteroatoms. The maximum absolute atomic E-state index is 9.25. The van der Waals surface area contributed by atoms with Crippen molar-refractivity contribution in [1.82, 2.24) is 0 Å². The van der Waals surface area contributed by atoms with Crippen LogP contribution >= 0.6 is 7.26 Å². The Labute approximate surface area is 136 Å². The van der Waals surface area contributed by atoms with Crippen LogP contribution in [0.1, 0.15) is 71.1 Å². The number of rotatable bonds is 14. The highest BCUT2D eigenvalue weighted by Crippen LogP contribution is 2.56. The average Bonchev–Trinajstić information content (AvgIpc) is 2.46. The number of aliphatic hydroxyl groups is 3. The Hall–Kier alpha value is 0.790. The highest BCUT2D eigenvalue weighted by molar-refractivity contribution is 7.75. The van der Waals surface area contributed by atoms with Crippen molar-refractivity contribution in [2.75, 3.05) is 25.2 Å². The minimum atomic E-state index is -1.85. The second-order valence-corrected chi connectivity index (χ2v) is 9.65. The largest absolute Gasteiger partial charge is 1.00 e. The van der Waals surface area contributed by atoms with Gasteiger partial charge in [0.05, 0.1) is 13.4 Å². The van der Waals surface area contributed by atoms with E-state index in [1.165, 1.54) is 51.4 Å². The lowest BCUT2D eigenvalue weighted by atomic mass is 10.1. The van der Waals surface area contributed by atoms with Gasteiger partial charge in [-0.15, -0.1) is 0 Å². The number of halogens is 1. The van der Waals surface area contributed by atoms with Gasteiger partial charge in [0.1, 0.15) is 0 Å². The molecule has 0 aromatic rings. The molecule has 0 radical (unpaired) electrons. The summed E-state index contributed by atoms with van der Waals surface area (Å²) in [7, 11) is -1.85. The first kappa shape index (κ1) is 23.1. The molecule has 124 valence electrons. The molecule has 0 aromatic carbocycles. The number of hydrogen-bond acceptors (Lipinski definition) is 3. The summed E-state index contributed by atoms with van der Waals surface area (Å²) in [4.78, 5) is 0. The Morgan fingerprint density at radius 1 is 0.600 bits per heavy atom. The molecule has 3 N–H and O–H groups in total. The Morgan fingerprint density at radius 3 is 1.30 bits per heavy atom. The zero-order valence-corrected chi connectivity index (χ0v) is 15.5. The standard InChI is InChI=1S/C15H34O3P.BrH/c1-2-3-4-5-6-7-8-9-10-11-12-19(13-16,14-17)15-18;/h16-18H,2-15H2,1H3;1H/q+1;/p-1. The Balaban J connectivity index is 0. The van der Waals surface area contributed by atoms with Gasteiger partial charge in [-0.05, 0) is 12.8 Å². The zero-order valence-electron chi connectivity index (χ0n) is 13.1. The van der Waals surface area contributed by atoms with Crippen molar-refractivity contribution >= 4 is 7.26 Å². The van der Waals surface area contributed by atoms with Crippen molar-refractivity contribution in [3.8, 4) is 0 Å². The molecule has 0 bridgehead atoms. The van der Waals surface area contributed by atoms with E-state index in [-0.39, 0.29) is 36.0 Å². The molecule has 0 unspecified atom stereocenters. The van der Waals surface area contributed by atoms with E-state index < -0.39 is 7.26 Å². The highest BCUT2D eigenvalue weighted by Gasteiger charge is 2.34. The molecular weight excluding hydrogens is 339 g/mol. The third-order valence-corrected chi connectivity index (χ3v) is 6.95. The summed E-state index contributed by atoms with van der Waals surface area (Å²) >= 11 is 0. The summed E-state index contributed by atoms with van der Waals surface area (Å²) in [6.45, 7) is 2.24. The van der Waals surface area contributed by atoms with Crippen LogP contribution in [0.15, 0.2) is 0 Å². The van der Waals surface area contributed by atoms with Crippen molar-refractivity contribution < 1.29 is 32.3 Å². The van der Waals surface area contributed by atoms with Gasteiger partial charge in [-0.2, -0.15) is 0 Å². The van der Waals surface area contributed by atoms with E-state index in [0.29, 0.717) is 0 Å². The lowest BCUT2D eigenvalue weighted by Gasteiger charge is -2.19. The predicted molar refractivity (Wildman–Crippen MR) is 84.9 cm³/mol. The number of aliphatic hydroxyl groups excluding tert-OH is 3. The lowest BCUT2D eigenvalue weighted by Crippen LogP contribution is -3.00. The molecule has 0 spiro atoms. The molecule has 0 aliphatic rings. The van der Waals surface area contributed by atoms with Crippen molar-refractivity contribution in [3.63, 3.8) is 0 Å². The second-order valence-electron chi connectivity index (χ2n) is 5.67. The molecule has 0 heterocycles. The maximum Gasteiger partial charge on any atom is 0.158 e. The van der Waals surface area contributed by atoms with Gasteiger partial charge >= 0.3 is 0 Å². The molecule has 0 atom stereocenters. The van der Waals surface area contributed by atoms with E-state index in [9.17, 15) is 15.3 Å². The van der Waals surface area contributed by atoms with Crippen LogP contribution in [0.4, 0.5) is 0 Å². The van der Waals surface area contributed by atoms with E-state index in [1.807, 2.05) is 0 Å². The quantitative estimate of drug-likeness (QED) is 0.312. The van der Waals surface area contributed by atoms with Crippen LogP contribution in [0.5, 0.6) is 0 Å². The fourth-order valence-corrected chi connectivity index (χ4v) is 3.87. The fraction of sp³-hybridized carbons (Fsp3) is 1.00. The number of unbranched alkanes of at least 4 members (excludes halogenated alkanes) is 9. The van der Waals surface area contributed by atoms with Gasteiger partial charge in [0, 0.05) is 0 Å². The van der Waals surface area contributed by atoms with Crippen LogP contribution in [0.3, 0.4) is 0 Å². The van der Waals surface area contributed by atoms with Crippen molar-refractivity contribution in [1.29, 1.82) is 0 Å². The summed E-state index contributed by atoms with van der Waals surface area (Å²) in [5, 5.41) is 27.7. The predicted octanol–water partition coefficient (Wildman–Crippen LogP) is 0.778. The number of hydrogen-bond donors (Lipinski definition) is 3. The topological polar surface area (TPSA) is 60.7 Å². The van der Waals surface area contributed by atoms with Crippen LogP contribution < -0.4 is 17.0 Å². The third-order valence-electron chi connectivity index (χ3n) is 3.89. The van der Waals surface area contributed by atoms with Gasteiger partial charge in [-0.25, -0.2) is 0 Å². The molecule has 3 nitrogen and oxygen atoms in total. The van der Waals surface area contributed by atoms with Crippen LogP contribution in [-0.4, -0.2) is 40.5 Å². The molecule has 0 aromatic heterocycles. The third kappa shape index (κ3) is 11.4. The molecule has 0 fully saturated rings. The van der Waals surface area contributed by atoms with Gasteiger partial charge in [0.2, 0.25) is 0 Å². The Kier molecular flexibility index (Phi) is 18.6. The monoisotopic (exact) mass is 372 g/mol. The molecule has 0 aliphatic heterocycles. The van der Waals surface area contributed by atoms with E-state index >= 15 is 0 Å². The lowest BCUT2D eigenvalue weighted by molar-refractivity contribution is -0.00000676. The van der Waals surface area contributed by atoms with E-state index in [4.69, 9.17) is 0 Å². The van der Waals surface area contributed by atoms with Crippen LogP contribution in [0.25, 0.3) is 0 Å². The second kappa shape index (κ2) is 16.2. The molecule has 20 heavy (non-hydrogen) atoms. The Morgan fingerprint density at radius 2 is 0.950 bits per heavy atom. The van der Waals surface area contributed by atoms with Crippen molar-refractivity contribution in [2.24, 2.45) is 0 Å². The van der Waals surface area contributed by atoms with Gasteiger partial charge in [-0.3, -0.25) is 0 Å². The summed E-state index contributed by atoms with van der Waals surface area (Å²) in [6.07, 6.45) is 13.7. The SMILES string of the molecule is CCCCCCCCCCCC[P+](CO)(CO)CO.[Br-]. The maximum atomic E-state index is 9.25. The minimum Gasteiger partial charge on any atom is -1.00 e. The van der Waals surface area contributed by atoms with Gasteiger partial charge < -0.3 is 32.3 Å². The van der Waals surface area contributed by atoms with Gasteiger partial charge in [-0.1, -0.05) is 58.3 Å². The Bertz CT molecular complexity index is 182. The summed E-state index contributed by atoms with van der Waals surface area (Å²) in [6, 6.07) is 0. The molecule has 0 saturated carbocycles. The van der Waals surface area contributed by atoms with Gasteiger partial charge in [0.25, 0.3) is 0 Å². The zero-order chi connectivity index (χ0) is 14.4. The van der Waals surface area contributed by atoms with Crippen molar-refractivity contribution in [3.05, 3.63) is 0 Å². The van der Waals surface area contributed by atoms with Crippen LogP contribution in [0.2, 0.25) is 0 Å². The summed E-state index contributed by atoms with van der Waals surface area (Å²) in [5.41, 5.74) is 0. The fourth-order valence-electron chi connectivity index (χ4n) is 2.28. The van der Waals surface area contributed by atoms with E-state index in [2.05, 4.69) is 6.92 Å². The minimum absolute atomic E-state index is 0. The molecule has 0 aliphatic carbocycles. The molecule has 0 saturated heterocycles. The van der Waals surface area contributed by atoms with Crippen molar-refractivity contribution in [2.45, 2.75) is 71.1 Å².